The van der Waals surface area contributed by atoms with Crippen LogP contribution < -0.4 is 20.2 Å². The summed E-state index contributed by atoms with van der Waals surface area (Å²) in [6.07, 6.45) is 4.01. The minimum absolute atomic E-state index is 0.0583. The molecule has 2 N–H and O–H groups in total. The molecule has 3 aromatic rings. The fourth-order valence-corrected chi connectivity index (χ4v) is 2.90. The maximum Gasteiger partial charge on any atom is 0.287 e. The number of nitrogens with one attached hydrogen (secondary N) is 2. The number of carbonyl (C=O) groups is 2. The Morgan fingerprint density at radius 2 is 1.53 bits per heavy atom. The number of benzene rings is 3. The quantitative estimate of drug-likeness (QED) is 0.268. The monoisotopic (exact) mass is 457 g/mol. The van der Waals surface area contributed by atoms with Gasteiger partial charge in [0.2, 0.25) is 0 Å². The number of hydrogen-bond donors (Lipinski definition) is 2. The van der Waals surface area contributed by atoms with E-state index < -0.39 is 11.8 Å². The van der Waals surface area contributed by atoms with E-state index >= 15 is 0 Å². The van der Waals surface area contributed by atoms with Crippen LogP contribution >= 0.6 is 0 Å². The lowest BCUT2D eigenvalue weighted by Gasteiger charge is -2.10. The minimum Gasteiger partial charge on any atom is -0.497 e. The van der Waals surface area contributed by atoms with Crippen LogP contribution in [0.3, 0.4) is 0 Å². The van der Waals surface area contributed by atoms with E-state index in [-0.39, 0.29) is 5.70 Å². The van der Waals surface area contributed by atoms with Gasteiger partial charge in [-0.2, -0.15) is 5.10 Å². The SMILES string of the molecule is CCCOc1ccc(/C=C(\NC(=O)c2ccccc2)C(=O)N/N=C\c2ccc(OC)cc2)cc1. The zero-order chi connectivity index (χ0) is 24.2. The Labute approximate surface area is 199 Å². The molecule has 0 saturated heterocycles. The standard InChI is InChI=1S/C27H27N3O4/c1-3-17-34-24-15-9-20(10-16-24)18-25(29-26(31)22-7-5-4-6-8-22)27(32)30-28-19-21-11-13-23(33-2)14-12-21/h4-16,18-19H,3,17H2,1-2H3,(H,29,31)(H,30,32)/b25-18-,28-19-. The molecule has 0 heterocycles. The normalized spacial score (nSPS) is 11.2. The summed E-state index contributed by atoms with van der Waals surface area (Å²) in [5.41, 5.74) is 4.47. The second kappa shape index (κ2) is 12.6. The molecule has 0 fully saturated rings. The molecule has 7 nitrogen and oxygen atoms in total. The molecule has 2 amide bonds. The van der Waals surface area contributed by atoms with Gasteiger partial charge in [-0.1, -0.05) is 37.3 Å². The first-order valence-electron chi connectivity index (χ1n) is 10.9. The maximum atomic E-state index is 12.9. The van der Waals surface area contributed by atoms with Crippen LogP contribution in [-0.4, -0.2) is 31.7 Å². The van der Waals surface area contributed by atoms with Crippen molar-refractivity contribution in [3.63, 3.8) is 0 Å². The summed E-state index contributed by atoms with van der Waals surface area (Å²) in [5, 5.41) is 6.69. The number of nitrogens with zero attached hydrogens (tertiary/aromatic N) is 1. The molecule has 0 aliphatic rings. The van der Waals surface area contributed by atoms with Crippen molar-refractivity contribution >= 4 is 24.1 Å². The predicted molar refractivity (Wildman–Crippen MR) is 133 cm³/mol. The molecule has 0 aliphatic heterocycles. The van der Waals surface area contributed by atoms with Gasteiger partial charge in [0.1, 0.15) is 17.2 Å². The molecule has 34 heavy (non-hydrogen) atoms. The van der Waals surface area contributed by atoms with Gasteiger partial charge in [0.15, 0.2) is 0 Å². The molecule has 3 aromatic carbocycles. The van der Waals surface area contributed by atoms with Gasteiger partial charge in [0, 0.05) is 5.56 Å². The molecule has 0 aliphatic carbocycles. The first-order chi connectivity index (χ1) is 16.6. The van der Waals surface area contributed by atoms with Crippen molar-refractivity contribution in [3.8, 4) is 11.5 Å². The van der Waals surface area contributed by atoms with Crippen molar-refractivity contribution in [3.05, 3.63) is 101 Å². The Balaban J connectivity index is 1.76. The zero-order valence-electron chi connectivity index (χ0n) is 19.2. The molecule has 3 rings (SSSR count). The van der Waals surface area contributed by atoms with Crippen molar-refractivity contribution in [1.82, 2.24) is 10.7 Å². The van der Waals surface area contributed by atoms with Gasteiger partial charge in [-0.15, -0.1) is 0 Å². The average molecular weight is 458 g/mol. The van der Waals surface area contributed by atoms with E-state index in [0.29, 0.717) is 12.2 Å². The summed E-state index contributed by atoms with van der Waals surface area (Å²) < 4.78 is 10.7. The number of methoxy groups -OCH3 is 1. The fraction of sp³-hybridized carbons (Fsp3) is 0.148. The molecule has 0 spiro atoms. The third kappa shape index (κ3) is 7.34. The Morgan fingerprint density at radius 1 is 0.882 bits per heavy atom. The van der Waals surface area contributed by atoms with Crippen LogP contribution in [0, 0.1) is 0 Å². The van der Waals surface area contributed by atoms with Crippen molar-refractivity contribution < 1.29 is 19.1 Å². The van der Waals surface area contributed by atoms with Gasteiger partial charge < -0.3 is 14.8 Å². The van der Waals surface area contributed by atoms with Crippen LogP contribution in [-0.2, 0) is 4.79 Å². The topological polar surface area (TPSA) is 89.0 Å². The van der Waals surface area contributed by atoms with E-state index in [9.17, 15) is 9.59 Å². The third-order valence-electron chi connectivity index (χ3n) is 4.69. The summed E-state index contributed by atoms with van der Waals surface area (Å²) in [6, 6.07) is 23.1. The van der Waals surface area contributed by atoms with Crippen molar-refractivity contribution in [2.45, 2.75) is 13.3 Å². The highest BCUT2D eigenvalue weighted by atomic mass is 16.5. The number of carbonyl (C=O) groups excluding carboxylic acids is 2. The third-order valence-corrected chi connectivity index (χ3v) is 4.69. The number of ether oxygens (including phenoxy) is 2. The smallest absolute Gasteiger partial charge is 0.287 e. The molecular weight excluding hydrogens is 430 g/mol. The van der Waals surface area contributed by atoms with Gasteiger partial charge in [-0.25, -0.2) is 5.43 Å². The Kier molecular flexibility index (Phi) is 8.99. The molecule has 0 aromatic heterocycles. The highest BCUT2D eigenvalue weighted by Crippen LogP contribution is 2.15. The molecule has 174 valence electrons. The maximum absolute atomic E-state index is 12.9. The molecule has 0 bridgehead atoms. The van der Waals surface area contributed by atoms with E-state index in [0.717, 1.165) is 29.0 Å². The van der Waals surface area contributed by atoms with Crippen molar-refractivity contribution in [2.24, 2.45) is 5.10 Å². The molecular formula is C27H27N3O4. The molecule has 0 atom stereocenters. The van der Waals surface area contributed by atoms with E-state index in [1.165, 1.54) is 6.21 Å². The number of hydrazone groups is 1. The number of amides is 2. The lowest BCUT2D eigenvalue weighted by molar-refractivity contribution is -0.117. The average Bonchev–Trinajstić information content (AvgIpc) is 2.88. The molecule has 7 heteroatoms. The fourth-order valence-electron chi connectivity index (χ4n) is 2.90. The van der Waals surface area contributed by atoms with Crippen molar-refractivity contribution in [1.29, 1.82) is 0 Å². The lowest BCUT2D eigenvalue weighted by atomic mass is 10.1. The van der Waals surface area contributed by atoms with E-state index in [4.69, 9.17) is 9.47 Å². The second-order valence-electron chi connectivity index (χ2n) is 7.27. The Morgan fingerprint density at radius 3 is 2.18 bits per heavy atom. The summed E-state index contributed by atoms with van der Waals surface area (Å²) >= 11 is 0. The first kappa shape index (κ1) is 24.3. The van der Waals surface area contributed by atoms with E-state index in [1.807, 2.05) is 49.4 Å². The van der Waals surface area contributed by atoms with Gasteiger partial charge >= 0.3 is 0 Å². The summed E-state index contributed by atoms with van der Waals surface area (Å²) in [5.74, 6) is 0.507. The molecule has 0 radical (unpaired) electrons. The Bertz CT molecular complexity index is 1140. The molecule has 0 saturated carbocycles. The van der Waals surface area contributed by atoms with E-state index in [1.54, 1.807) is 49.6 Å². The highest BCUT2D eigenvalue weighted by molar-refractivity contribution is 6.05. The van der Waals surface area contributed by atoms with Crippen LogP contribution in [0.25, 0.3) is 6.08 Å². The largest absolute Gasteiger partial charge is 0.497 e. The van der Waals surface area contributed by atoms with Crippen molar-refractivity contribution in [2.75, 3.05) is 13.7 Å². The Hall–Kier alpha value is -4.39. The van der Waals surface area contributed by atoms with Gasteiger partial charge in [-0.05, 0) is 72.2 Å². The molecule has 0 unspecified atom stereocenters. The van der Waals surface area contributed by atoms with Crippen LogP contribution in [0.2, 0.25) is 0 Å². The van der Waals surface area contributed by atoms with Crippen LogP contribution in [0.15, 0.2) is 89.7 Å². The second-order valence-corrected chi connectivity index (χ2v) is 7.27. The van der Waals surface area contributed by atoms with Gasteiger partial charge in [0.25, 0.3) is 11.8 Å². The zero-order valence-corrected chi connectivity index (χ0v) is 19.2. The van der Waals surface area contributed by atoms with E-state index in [2.05, 4.69) is 15.8 Å². The summed E-state index contributed by atoms with van der Waals surface area (Å²) in [4.78, 5) is 25.5. The van der Waals surface area contributed by atoms with Gasteiger partial charge in [0.05, 0.1) is 19.9 Å². The van der Waals surface area contributed by atoms with Gasteiger partial charge in [-0.3, -0.25) is 9.59 Å². The highest BCUT2D eigenvalue weighted by Gasteiger charge is 2.14. The predicted octanol–water partition coefficient (Wildman–Crippen LogP) is 4.41. The lowest BCUT2D eigenvalue weighted by Crippen LogP contribution is -2.32. The summed E-state index contributed by atoms with van der Waals surface area (Å²) in [7, 11) is 1.59. The summed E-state index contributed by atoms with van der Waals surface area (Å²) in [6.45, 7) is 2.66. The number of rotatable bonds is 10. The first-order valence-corrected chi connectivity index (χ1v) is 10.9. The van der Waals surface area contributed by atoms with Crippen LogP contribution in [0.1, 0.15) is 34.8 Å². The minimum atomic E-state index is -0.555. The van der Waals surface area contributed by atoms with Crippen LogP contribution in [0.5, 0.6) is 11.5 Å². The number of hydrogen-bond acceptors (Lipinski definition) is 5. The van der Waals surface area contributed by atoms with Crippen LogP contribution in [0.4, 0.5) is 0 Å².